The summed E-state index contributed by atoms with van der Waals surface area (Å²) in [5.41, 5.74) is -0.504. The Morgan fingerprint density at radius 2 is 1.74 bits per heavy atom. The molecular weight excluding hydrogens is 336 g/mol. The smallest absolute Gasteiger partial charge is 0.374 e. The van der Waals surface area contributed by atoms with Gasteiger partial charge in [0.15, 0.2) is 0 Å². The van der Waals surface area contributed by atoms with Gasteiger partial charge in [0, 0.05) is 10.7 Å². The predicted molar refractivity (Wildman–Crippen MR) is 80.0 cm³/mol. The molecule has 122 valence electrons. The highest BCUT2D eigenvalue weighted by atomic mass is 35.5. The molecule has 2 N–H and O–H groups in total. The number of rotatable bonds is 4. The second kappa shape index (κ2) is 6.87. The Bertz CT molecular complexity index is 702. The minimum Gasteiger partial charge on any atom is -0.374 e. The van der Waals surface area contributed by atoms with Crippen LogP contribution in [-0.2, 0) is 11.0 Å². The van der Waals surface area contributed by atoms with Crippen LogP contribution in [0.25, 0.3) is 0 Å². The van der Waals surface area contributed by atoms with Gasteiger partial charge in [0.1, 0.15) is 5.82 Å². The predicted octanol–water partition coefficient (Wildman–Crippen LogP) is 4.55. The summed E-state index contributed by atoms with van der Waals surface area (Å²) in [6.07, 6.45) is -4.43. The van der Waals surface area contributed by atoms with E-state index in [9.17, 15) is 22.4 Å². The van der Waals surface area contributed by atoms with Crippen LogP contribution in [0.1, 0.15) is 5.56 Å². The van der Waals surface area contributed by atoms with Gasteiger partial charge in [-0.1, -0.05) is 11.6 Å². The molecule has 0 aliphatic carbocycles. The lowest BCUT2D eigenvalue weighted by atomic mass is 10.2. The second-order valence-corrected chi connectivity index (χ2v) is 5.04. The summed E-state index contributed by atoms with van der Waals surface area (Å²) >= 11 is 5.60. The minimum atomic E-state index is -4.43. The van der Waals surface area contributed by atoms with Gasteiger partial charge in [0.2, 0.25) is 5.91 Å². The number of nitrogens with one attached hydrogen (secondary N) is 2. The fourth-order valence-electron chi connectivity index (χ4n) is 1.76. The van der Waals surface area contributed by atoms with Crippen molar-refractivity contribution in [3.05, 3.63) is 58.9 Å². The summed E-state index contributed by atoms with van der Waals surface area (Å²) in [4.78, 5) is 11.7. The van der Waals surface area contributed by atoms with E-state index >= 15 is 0 Å². The van der Waals surface area contributed by atoms with Crippen molar-refractivity contribution in [3.63, 3.8) is 0 Å². The summed E-state index contributed by atoms with van der Waals surface area (Å²) < 4.78 is 50.7. The molecule has 23 heavy (non-hydrogen) atoms. The van der Waals surface area contributed by atoms with Crippen LogP contribution in [0.2, 0.25) is 5.02 Å². The van der Waals surface area contributed by atoms with E-state index in [-0.39, 0.29) is 22.9 Å². The quantitative estimate of drug-likeness (QED) is 0.797. The average Bonchev–Trinajstić information content (AvgIpc) is 2.46. The van der Waals surface area contributed by atoms with Crippen LogP contribution in [0.4, 0.5) is 28.9 Å². The zero-order valence-electron chi connectivity index (χ0n) is 11.5. The van der Waals surface area contributed by atoms with Gasteiger partial charge in [-0.2, -0.15) is 13.2 Å². The van der Waals surface area contributed by atoms with Crippen molar-refractivity contribution >= 4 is 28.9 Å². The van der Waals surface area contributed by atoms with Gasteiger partial charge in [0.25, 0.3) is 0 Å². The molecule has 0 heterocycles. The van der Waals surface area contributed by atoms with E-state index in [1.807, 2.05) is 0 Å². The first-order valence-electron chi connectivity index (χ1n) is 6.42. The molecule has 0 fully saturated rings. The molecule has 0 radical (unpaired) electrons. The lowest BCUT2D eigenvalue weighted by Crippen LogP contribution is -2.22. The Labute approximate surface area is 134 Å². The van der Waals surface area contributed by atoms with Crippen molar-refractivity contribution in [2.45, 2.75) is 6.18 Å². The third-order valence-electron chi connectivity index (χ3n) is 2.87. The molecule has 0 unspecified atom stereocenters. The van der Waals surface area contributed by atoms with E-state index in [0.717, 1.165) is 30.3 Å². The van der Waals surface area contributed by atoms with Crippen molar-refractivity contribution < 1.29 is 22.4 Å². The van der Waals surface area contributed by atoms with Crippen molar-refractivity contribution in [2.24, 2.45) is 0 Å². The van der Waals surface area contributed by atoms with E-state index in [1.165, 1.54) is 12.1 Å². The van der Waals surface area contributed by atoms with Crippen LogP contribution in [-0.4, -0.2) is 12.5 Å². The fourth-order valence-corrected chi connectivity index (χ4v) is 1.91. The molecule has 0 spiro atoms. The van der Waals surface area contributed by atoms with E-state index in [4.69, 9.17) is 11.6 Å². The molecule has 0 atom stereocenters. The molecule has 0 aliphatic rings. The molecule has 0 bridgehead atoms. The summed E-state index contributed by atoms with van der Waals surface area (Å²) in [5.74, 6) is -1.14. The molecule has 0 saturated heterocycles. The fraction of sp³-hybridized carbons (Fsp3) is 0.133. The summed E-state index contributed by atoms with van der Waals surface area (Å²) in [5, 5.41) is 5.20. The summed E-state index contributed by atoms with van der Waals surface area (Å²) in [7, 11) is 0. The first kappa shape index (κ1) is 17.1. The van der Waals surface area contributed by atoms with Gasteiger partial charge in [-0.3, -0.25) is 4.79 Å². The van der Waals surface area contributed by atoms with Crippen molar-refractivity contribution in [1.29, 1.82) is 0 Å². The van der Waals surface area contributed by atoms with Gasteiger partial charge in [-0.25, -0.2) is 4.39 Å². The second-order valence-electron chi connectivity index (χ2n) is 4.60. The van der Waals surface area contributed by atoms with Crippen molar-refractivity contribution in [1.82, 2.24) is 0 Å². The molecule has 2 aromatic rings. The Morgan fingerprint density at radius 1 is 1.09 bits per heavy atom. The normalized spacial score (nSPS) is 11.2. The Hall–Kier alpha value is -2.28. The van der Waals surface area contributed by atoms with E-state index in [1.54, 1.807) is 0 Å². The number of carbonyl (C=O) groups is 1. The number of halogens is 5. The number of amides is 1. The Balaban J connectivity index is 1.92. The van der Waals surface area contributed by atoms with Crippen LogP contribution in [0.3, 0.4) is 0 Å². The molecule has 1 amide bonds. The largest absolute Gasteiger partial charge is 0.416 e. The number of carbonyl (C=O) groups excluding carboxylic acids is 1. The molecule has 8 heteroatoms. The summed E-state index contributed by atoms with van der Waals surface area (Å²) in [6.45, 7) is -0.250. The molecule has 3 nitrogen and oxygen atoms in total. The molecule has 0 aromatic heterocycles. The minimum absolute atomic E-state index is 0.0944. The van der Waals surface area contributed by atoms with Crippen LogP contribution in [0, 0.1) is 5.82 Å². The molecule has 0 saturated carbocycles. The first-order valence-corrected chi connectivity index (χ1v) is 6.79. The van der Waals surface area contributed by atoms with Gasteiger partial charge in [0.05, 0.1) is 17.8 Å². The highest BCUT2D eigenvalue weighted by Gasteiger charge is 2.29. The topological polar surface area (TPSA) is 41.1 Å². The van der Waals surface area contributed by atoms with Gasteiger partial charge < -0.3 is 10.6 Å². The number of benzene rings is 2. The molecule has 0 aliphatic heterocycles. The average molecular weight is 347 g/mol. The standard InChI is InChI=1S/C15H11ClF4N2O/c16-10-3-6-13(12(17)7-10)21-8-14(23)22-11-4-1-9(2-5-11)15(18,19)20/h1-7,21H,8H2,(H,22,23). The molecular formula is C15H11ClF4N2O. The van der Waals surface area contributed by atoms with Gasteiger partial charge in [-0.15, -0.1) is 0 Å². The van der Waals surface area contributed by atoms with Crippen LogP contribution in [0.5, 0.6) is 0 Å². The van der Waals surface area contributed by atoms with Gasteiger partial charge in [-0.05, 0) is 42.5 Å². The number of hydrogen-bond donors (Lipinski definition) is 2. The first-order chi connectivity index (χ1) is 10.8. The van der Waals surface area contributed by atoms with Gasteiger partial charge >= 0.3 is 6.18 Å². The highest BCUT2D eigenvalue weighted by Crippen LogP contribution is 2.29. The monoisotopic (exact) mass is 346 g/mol. The lowest BCUT2D eigenvalue weighted by molar-refractivity contribution is -0.137. The number of anilines is 2. The number of hydrogen-bond acceptors (Lipinski definition) is 2. The zero-order chi connectivity index (χ0) is 17.0. The molecule has 2 rings (SSSR count). The van der Waals surface area contributed by atoms with E-state index in [2.05, 4.69) is 10.6 Å². The van der Waals surface area contributed by atoms with Crippen LogP contribution in [0.15, 0.2) is 42.5 Å². The third-order valence-corrected chi connectivity index (χ3v) is 3.10. The highest BCUT2D eigenvalue weighted by molar-refractivity contribution is 6.30. The maximum atomic E-state index is 13.5. The Morgan fingerprint density at radius 3 is 2.30 bits per heavy atom. The Kier molecular flexibility index (Phi) is 5.10. The maximum absolute atomic E-state index is 13.5. The number of alkyl halides is 3. The third kappa shape index (κ3) is 4.85. The summed E-state index contributed by atoms with van der Waals surface area (Å²) in [6, 6.07) is 7.94. The van der Waals surface area contributed by atoms with Crippen molar-refractivity contribution in [2.75, 3.05) is 17.2 Å². The van der Waals surface area contributed by atoms with E-state index < -0.39 is 23.5 Å². The van der Waals surface area contributed by atoms with E-state index in [0.29, 0.717) is 0 Å². The van der Waals surface area contributed by atoms with Crippen LogP contribution < -0.4 is 10.6 Å². The molecule has 2 aromatic carbocycles. The lowest BCUT2D eigenvalue weighted by Gasteiger charge is -2.10. The SMILES string of the molecule is O=C(CNc1ccc(Cl)cc1F)Nc1ccc(C(F)(F)F)cc1. The maximum Gasteiger partial charge on any atom is 0.416 e. The zero-order valence-corrected chi connectivity index (χ0v) is 12.3. The van der Waals surface area contributed by atoms with Crippen LogP contribution >= 0.6 is 11.6 Å². The van der Waals surface area contributed by atoms with Crippen molar-refractivity contribution in [3.8, 4) is 0 Å².